The van der Waals surface area contributed by atoms with Crippen LogP contribution in [-0.4, -0.2) is 37.9 Å². The van der Waals surface area contributed by atoms with Crippen molar-refractivity contribution in [2.45, 2.75) is 18.6 Å². The third kappa shape index (κ3) is 1.15. The SMILES string of the molecule is COC(=O)C1=C[C@@H]2C(=O)O[C@H]1C1OCCC12. The number of carbonyl (C=O) groups is 2. The number of ether oxygens (including phenoxy) is 3. The Bertz CT molecular complexity index is 386. The Labute approximate surface area is 92.3 Å². The summed E-state index contributed by atoms with van der Waals surface area (Å²) in [7, 11) is 1.32. The molecule has 0 radical (unpaired) electrons. The van der Waals surface area contributed by atoms with Crippen molar-refractivity contribution in [3.05, 3.63) is 11.6 Å². The van der Waals surface area contributed by atoms with E-state index in [-0.39, 0.29) is 23.9 Å². The third-order valence-electron chi connectivity index (χ3n) is 3.55. The normalized spacial score (nSPS) is 40.1. The van der Waals surface area contributed by atoms with Gasteiger partial charge in [-0.15, -0.1) is 0 Å². The molecule has 0 spiro atoms. The van der Waals surface area contributed by atoms with E-state index in [0.29, 0.717) is 12.2 Å². The summed E-state index contributed by atoms with van der Waals surface area (Å²) >= 11 is 0. The van der Waals surface area contributed by atoms with E-state index < -0.39 is 12.1 Å². The van der Waals surface area contributed by atoms with E-state index in [1.54, 1.807) is 6.08 Å². The van der Waals surface area contributed by atoms with Gasteiger partial charge in [0.15, 0.2) is 6.10 Å². The Morgan fingerprint density at radius 1 is 1.56 bits per heavy atom. The third-order valence-corrected chi connectivity index (χ3v) is 3.55. The summed E-state index contributed by atoms with van der Waals surface area (Å²) in [6.45, 7) is 0.626. The van der Waals surface area contributed by atoms with Crippen molar-refractivity contribution in [3.8, 4) is 0 Å². The van der Waals surface area contributed by atoms with E-state index in [0.717, 1.165) is 6.42 Å². The fourth-order valence-corrected chi connectivity index (χ4v) is 2.79. The van der Waals surface area contributed by atoms with E-state index in [1.807, 2.05) is 0 Å². The largest absolute Gasteiger partial charge is 0.466 e. The zero-order valence-electron chi connectivity index (χ0n) is 8.84. The molecular formula is C11H12O5. The van der Waals surface area contributed by atoms with Gasteiger partial charge in [-0.2, -0.15) is 0 Å². The minimum absolute atomic E-state index is 0.165. The van der Waals surface area contributed by atoms with Gasteiger partial charge in [-0.1, -0.05) is 6.08 Å². The van der Waals surface area contributed by atoms with Crippen molar-refractivity contribution in [2.75, 3.05) is 13.7 Å². The van der Waals surface area contributed by atoms with Gasteiger partial charge in [0.2, 0.25) is 0 Å². The molecule has 2 saturated heterocycles. The molecule has 3 heterocycles. The molecular weight excluding hydrogens is 212 g/mol. The minimum atomic E-state index is -0.572. The fraction of sp³-hybridized carbons (Fsp3) is 0.636. The highest BCUT2D eigenvalue weighted by Gasteiger charge is 2.54. The first-order valence-corrected chi connectivity index (χ1v) is 5.34. The quantitative estimate of drug-likeness (QED) is 0.589. The smallest absolute Gasteiger partial charge is 0.337 e. The van der Waals surface area contributed by atoms with Crippen LogP contribution in [0.4, 0.5) is 0 Å². The number of methoxy groups -OCH3 is 1. The van der Waals surface area contributed by atoms with Crippen LogP contribution < -0.4 is 0 Å². The summed E-state index contributed by atoms with van der Waals surface area (Å²) in [5.74, 6) is -0.855. The molecule has 4 atom stereocenters. The van der Waals surface area contributed by atoms with Crippen molar-refractivity contribution >= 4 is 11.9 Å². The molecule has 5 nitrogen and oxygen atoms in total. The predicted octanol–water partition coefficient (Wildman–Crippen LogP) is 0.0461. The molecule has 2 unspecified atom stereocenters. The number of hydrogen-bond donors (Lipinski definition) is 0. The van der Waals surface area contributed by atoms with Crippen LogP contribution in [0.15, 0.2) is 11.6 Å². The average Bonchev–Trinajstić information content (AvgIpc) is 2.78. The van der Waals surface area contributed by atoms with Crippen LogP contribution in [0, 0.1) is 11.8 Å². The molecule has 3 aliphatic heterocycles. The second-order valence-corrected chi connectivity index (χ2v) is 4.28. The maximum Gasteiger partial charge on any atom is 0.337 e. The Kier molecular flexibility index (Phi) is 2.04. The zero-order valence-corrected chi connectivity index (χ0v) is 8.84. The summed E-state index contributed by atoms with van der Waals surface area (Å²) in [4.78, 5) is 23.1. The van der Waals surface area contributed by atoms with Crippen LogP contribution >= 0.6 is 0 Å². The molecule has 0 saturated carbocycles. The lowest BCUT2D eigenvalue weighted by molar-refractivity contribution is -0.175. The van der Waals surface area contributed by atoms with Gasteiger partial charge < -0.3 is 14.2 Å². The lowest BCUT2D eigenvalue weighted by atomic mass is 9.74. The number of hydrogen-bond acceptors (Lipinski definition) is 5. The highest BCUT2D eigenvalue weighted by Crippen LogP contribution is 2.44. The van der Waals surface area contributed by atoms with Gasteiger partial charge in [0, 0.05) is 12.5 Å². The number of fused-ring (bicyclic) bond motifs is 1. The van der Waals surface area contributed by atoms with E-state index in [9.17, 15) is 9.59 Å². The predicted molar refractivity (Wildman–Crippen MR) is 51.3 cm³/mol. The first-order valence-electron chi connectivity index (χ1n) is 5.34. The molecule has 4 rings (SSSR count). The topological polar surface area (TPSA) is 61.8 Å². The fourth-order valence-electron chi connectivity index (χ4n) is 2.79. The highest BCUT2D eigenvalue weighted by molar-refractivity contribution is 5.94. The van der Waals surface area contributed by atoms with Crippen molar-refractivity contribution < 1.29 is 23.8 Å². The molecule has 2 fully saturated rings. The summed E-state index contributed by atoms with van der Waals surface area (Å²) in [6.07, 6.45) is 1.81. The average molecular weight is 224 g/mol. The Morgan fingerprint density at radius 3 is 3.12 bits per heavy atom. The van der Waals surface area contributed by atoms with E-state index in [1.165, 1.54) is 7.11 Å². The van der Waals surface area contributed by atoms with Crippen LogP contribution in [0.5, 0.6) is 0 Å². The maximum absolute atomic E-state index is 11.6. The Morgan fingerprint density at radius 2 is 2.38 bits per heavy atom. The molecule has 0 N–H and O–H groups in total. The Balaban J connectivity index is 1.99. The van der Waals surface area contributed by atoms with E-state index in [4.69, 9.17) is 9.47 Å². The number of rotatable bonds is 1. The van der Waals surface area contributed by atoms with Crippen LogP contribution in [0.25, 0.3) is 0 Å². The van der Waals surface area contributed by atoms with Crippen molar-refractivity contribution in [1.82, 2.24) is 0 Å². The van der Waals surface area contributed by atoms with Crippen molar-refractivity contribution in [3.63, 3.8) is 0 Å². The molecule has 5 heteroatoms. The summed E-state index contributed by atoms with van der Waals surface area (Å²) in [5, 5.41) is 0. The van der Waals surface area contributed by atoms with Crippen LogP contribution in [0.3, 0.4) is 0 Å². The molecule has 0 aromatic carbocycles. The lowest BCUT2D eigenvalue weighted by Gasteiger charge is -2.41. The summed E-state index contributed by atoms with van der Waals surface area (Å²) in [6, 6.07) is 0. The number of esters is 2. The second kappa shape index (κ2) is 3.31. The standard InChI is InChI=1S/C11H12O5/c1-14-10(12)7-4-6-5-2-3-15-8(5)9(7)16-11(6)13/h4-6,8-9H,2-3H2,1H3/t5?,6-,8?,9+/m0/s1. The van der Waals surface area contributed by atoms with Crippen LogP contribution in [0.2, 0.25) is 0 Å². The monoisotopic (exact) mass is 224 g/mol. The molecule has 2 bridgehead atoms. The van der Waals surface area contributed by atoms with Gasteiger partial charge in [-0.05, 0) is 6.42 Å². The maximum atomic E-state index is 11.6. The van der Waals surface area contributed by atoms with E-state index in [2.05, 4.69) is 4.74 Å². The van der Waals surface area contributed by atoms with Crippen LogP contribution in [0.1, 0.15) is 6.42 Å². The number of carbonyl (C=O) groups excluding carboxylic acids is 2. The van der Waals surface area contributed by atoms with Gasteiger partial charge >= 0.3 is 11.9 Å². The van der Waals surface area contributed by atoms with Gasteiger partial charge in [-0.25, -0.2) is 4.79 Å². The highest BCUT2D eigenvalue weighted by atomic mass is 16.6. The Hall–Kier alpha value is -1.36. The lowest BCUT2D eigenvalue weighted by Crippen LogP contribution is -2.52. The molecule has 86 valence electrons. The van der Waals surface area contributed by atoms with Gasteiger partial charge in [0.05, 0.1) is 18.6 Å². The molecule has 4 aliphatic rings. The van der Waals surface area contributed by atoms with Gasteiger partial charge in [-0.3, -0.25) is 4.79 Å². The summed E-state index contributed by atoms with van der Waals surface area (Å²) in [5.41, 5.74) is 0.426. The molecule has 0 amide bonds. The molecule has 1 aliphatic carbocycles. The van der Waals surface area contributed by atoms with Crippen molar-refractivity contribution in [1.29, 1.82) is 0 Å². The first-order chi connectivity index (χ1) is 7.72. The minimum Gasteiger partial charge on any atom is -0.466 e. The molecule has 0 aromatic rings. The first kappa shape index (κ1) is 9.84. The van der Waals surface area contributed by atoms with Gasteiger partial charge in [0.25, 0.3) is 0 Å². The van der Waals surface area contributed by atoms with Crippen molar-refractivity contribution in [2.24, 2.45) is 11.8 Å². The zero-order chi connectivity index (χ0) is 11.3. The molecule has 0 aromatic heterocycles. The van der Waals surface area contributed by atoms with E-state index >= 15 is 0 Å². The molecule has 16 heavy (non-hydrogen) atoms. The van der Waals surface area contributed by atoms with Gasteiger partial charge in [0.1, 0.15) is 6.10 Å². The summed E-state index contributed by atoms with van der Waals surface area (Å²) < 4.78 is 15.4. The second-order valence-electron chi connectivity index (χ2n) is 4.28. The van der Waals surface area contributed by atoms with Crippen LogP contribution in [-0.2, 0) is 23.8 Å².